The van der Waals surface area contributed by atoms with Crippen LogP contribution < -0.4 is 5.32 Å². The maximum atomic E-state index is 12.7. The summed E-state index contributed by atoms with van der Waals surface area (Å²) >= 11 is 0. The molecular weight excluding hydrogens is 316 g/mol. The summed E-state index contributed by atoms with van der Waals surface area (Å²) in [7, 11) is 0. The average Bonchev–Trinajstić information content (AvgIpc) is 3.06. The summed E-state index contributed by atoms with van der Waals surface area (Å²) in [4.78, 5) is 45.8. The smallest absolute Gasteiger partial charge is 0.345 e. The molecule has 1 aromatic heterocycles. The fourth-order valence-electron chi connectivity index (χ4n) is 2.96. The number of aromatic amines is 1. The number of amides is 4. The van der Waals surface area contributed by atoms with Gasteiger partial charge in [0.05, 0.1) is 6.61 Å². The highest BCUT2D eigenvalue weighted by molar-refractivity contribution is 6.15. The molecule has 24 heavy (non-hydrogen) atoms. The number of hydrogen-bond acceptors (Lipinski definition) is 7. The second kappa shape index (κ2) is 7.07. The van der Waals surface area contributed by atoms with Crippen molar-refractivity contribution in [2.24, 2.45) is 5.92 Å². The number of imide groups is 2. The summed E-state index contributed by atoms with van der Waals surface area (Å²) in [5, 5.41) is 13.9. The first-order valence-electron chi connectivity index (χ1n) is 7.85. The number of nitrogens with zero attached hydrogens (tertiary/aromatic N) is 4. The molecule has 2 aliphatic heterocycles. The molecule has 2 aliphatic rings. The van der Waals surface area contributed by atoms with Gasteiger partial charge in [0.2, 0.25) is 5.91 Å². The van der Waals surface area contributed by atoms with Crippen molar-refractivity contribution >= 4 is 17.8 Å². The normalized spacial score (nSPS) is 23.6. The monoisotopic (exact) mass is 336 g/mol. The van der Waals surface area contributed by atoms with Crippen LogP contribution in [0.25, 0.3) is 0 Å². The molecule has 3 heterocycles. The number of imidazole rings is 1. The number of aliphatic hydroxyl groups is 1. The topological polar surface area (TPSA) is 122 Å². The number of carbonyl (C=O) groups is 3. The van der Waals surface area contributed by atoms with Crippen molar-refractivity contribution in [3.8, 4) is 0 Å². The molecule has 10 heteroatoms. The average molecular weight is 336 g/mol. The van der Waals surface area contributed by atoms with Gasteiger partial charge in [-0.1, -0.05) is 0 Å². The van der Waals surface area contributed by atoms with Gasteiger partial charge in [-0.05, 0) is 0 Å². The number of barbiturate groups is 1. The summed E-state index contributed by atoms with van der Waals surface area (Å²) in [6.45, 7) is 2.85. The highest BCUT2D eigenvalue weighted by Gasteiger charge is 2.44. The Kier molecular flexibility index (Phi) is 4.88. The van der Waals surface area contributed by atoms with Crippen LogP contribution in [0.3, 0.4) is 0 Å². The predicted molar refractivity (Wildman–Crippen MR) is 81.3 cm³/mol. The van der Waals surface area contributed by atoms with Gasteiger partial charge in [-0.15, -0.1) is 0 Å². The van der Waals surface area contributed by atoms with Crippen LogP contribution in [-0.2, 0) is 16.0 Å². The van der Waals surface area contributed by atoms with E-state index in [1.165, 1.54) is 0 Å². The third-order valence-corrected chi connectivity index (χ3v) is 4.25. The number of rotatable bonds is 5. The van der Waals surface area contributed by atoms with Crippen LogP contribution in [0.5, 0.6) is 0 Å². The predicted octanol–water partition coefficient (Wildman–Crippen LogP) is -1.83. The van der Waals surface area contributed by atoms with E-state index in [9.17, 15) is 14.4 Å². The number of β-amino-alcohol motifs (C(OH)–C–C–N with tert-alkyl or cyclic N) is 1. The van der Waals surface area contributed by atoms with Crippen molar-refractivity contribution in [2.75, 3.05) is 39.3 Å². The van der Waals surface area contributed by atoms with Crippen molar-refractivity contribution in [1.82, 2.24) is 30.2 Å². The minimum Gasteiger partial charge on any atom is -0.395 e. The van der Waals surface area contributed by atoms with Crippen LogP contribution in [-0.4, -0.2) is 87.2 Å². The van der Waals surface area contributed by atoms with E-state index in [1.54, 1.807) is 17.4 Å². The summed E-state index contributed by atoms with van der Waals surface area (Å²) < 4.78 is 0. The van der Waals surface area contributed by atoms with Crippen LogP contribution in [0, 0.1) is 5.92 Å². The van der Waals surface area contributed by atoms with E-state index in [0.717, 1.165) is 5.01 Å². The highest BCUT2D eigenvalue weighted by atomic mass is 16.3. The van der Waals surface area contributed by atoms with Gasteiger partial charge in [0.1, 0.15) is 11.7 Å². The first-order chi connectivity index (χ1) is 11.6. The van der Waals surface area contributed by atoms with Crippen molar-refractivity contribution in [3.63, 3.8) is 0 Å². The molecule has 0 aliphatic carbocycles. The van der Waals surface area contributed by atoms with Crippen LogP contribution in [0.15, 0.2) is 12.4 Å². The molecule has 0 saturated carbocycles. The summed E-state index contributed by atoms with van der Waals surface area (Å²) in [5.41, 5.74) is 0. The molecule has 10 nitrogen and oxygen atoms in total. The molecule has 1 aromatic rings. The second-order valence-electron chi connectivity index (χ2n) is 5.76. The first-order valence-corrected chi connectivity index (χ1v) is 7.85. The SMILES string of the molecule is O=C1NC(=O)N(N2CCN(CCO)CC2)C(=O)C1Cc1ncc[nH]1. The number of H-pyrrole nitrogens is 1. The van der Waals surface area contributed by atoms with Crippen molar-refractivity contribution < 1.29 is 19.5 Å². The lowest BCUT2D eigenvalue weighted by molar-refractivity contribution is -0.156. The second-order valence-corrected chi connectivity index (χ2v) is 5.76. The fourth-order valence-corrected chi connectivity index (χ4v) is 2.96. The number of aliphatic hydroxyl groups excluding tert-OH is 1. The summed E-state index contributed by atoms with van der Waals surface area (Å²) in [5.74, 6) is -1.60. The van der Waals surface area contributed by atoms with Gasteiger partial charge in [0, 0.05) is 51.5 Å². The van der Waals surface area contributed by atoms with E-state index in [0.29, 0.717) is 38.5 Å². The molecule has 3 rings (SSSR count). The quantitative estimate of drug-likeness (QED) is 0.541. The van der Waals surface area contributed by atoms with E-state index < -0.39 is 23.8 Å². The van der Waals surface area contributed by atoms with Gasteiger partial charge < -0.3 is 10.1 Å². The lowest BCUT2D eigenvalue weighted by Gasteiger charge is -2.42. The highest BCUT2D eigenvalue weighted by Crippen LogP contribution is 2.18. The van der Waals surface area contributed by atoms with Gasteiger partial charge in [-0.2, -0.15) is 5.01 Å². The molecule has 0 aromatic carbocycles. The van der Waals surface area contributed by atoms with E-state index in [-0.39, 0.29) is 13.0 Å². The maximum absolute atomic E-state index is 12.7. The van der Waals surface area contributed by atoms with Crippen molar-refractivity contribution in [3.05, 3.63) is 18.2 Å². The molecule has 2 fully saturated rings. The molecular formula is C14H20N6O4. The number of carbonyl (C=O) groups excluding carboxylic acids is 3. The molecule has 2 saturated heterocycles. The Morgan fingerprint density at radius 3 is 2.58 bits per heavy atom. The number of nitrogens with one attached hydrogen (secondary N) is 2. The molecule has 130 valence electrons. The van der Waals surface area contributed by atoms with Gasteiger partial charge in [0.15, 0.2) is 0 Å². The zero-order valence-corrected chi connectivity index (χ0v) is 13.1. The van der Waals surface area contributed by atoms with Gasteiger partial charge in [-0.3, -0.25) is 19.8 Å². The lowest BCUT2D eigenvalue weighted by Crippen LogP contribution is -2.66. The Balaban J connectivity index is 1.69. The molecule has 0 bridgehead atoms. The minimum atomic E-state index is -0.982. The van der Waals surface area contributed by atoms with Crippen LogP contribution in [0.1, 0.15) is 5.82 Å². The van der Waals surface area contributed by atoms with E-state index >= 15 is 0 Å². The minimum absolute atomic E-state index is 0.0723. The molecule has 3 N–H and O–H groups in total. The van der Waals surface area contributed by atoms with Crippen LogP contribution in [0.4, 0.5) is 4.79 Å². The van der Waals surface area contributed by atoms with E-state index in [2.05, 4.69) is 15.3 Å². The standard InChI is InChI=1S/C14H20N6O4/c21-8-7-18-3-5-19(6-4-18)20-13(23)10(12(22)17-14(20)24)9-11-15-1-2-16-11/h1-2,10,21H,3-9H2,(H,15,16)(H,17,22,24). The van der Waals surface area contributed by atoms with Crippen LogP contribution in [0.2, 0.25) is 0 Å². The lowest BCUT2D eigenvalue weighted by atomic mass is 10.0. The number of urea groups is 1. The Labute approximate surface area is 138 Å². The molecule has 0 radical (unpaired) electrons. The number of hydrogen-bond donors (Lipinski definition) is 3. The number of hydrazine groups is 1. The zero-order chi connectivity index (χ0) is 17.1. The van der Waals surface area contributed by atoms with Gasteiger partial charge in [0.25, 0.3) is 5.91 Å². The third kappa shape index (κ3) is 3.30. The van der Waals surface area contributed by atoms with Crippen LogP contribution >= 0.6 is 0 Å². The Hall–Kier alpha value is -2.30. The van der Waals surface area contributed by atoms with Gasteiger partial charge in [-0.25, -0.2) is 14.8 Å². The van der Waals surface area contributed by atoms with Crippen molar-refractivity contribution in [2.45, 2.75) is 6.42 Å². The van der Waals surface area contributed by atoms with Gasteiger partial charge >= 0.3 is 6.03 Å². The van der Waals surface area contributed by atoms with E-state index in [4.69, 9.17) is 5.11 Å². The molecule has 1 atom stereocenters. The Morgan fingerprint density at radius 1 is 1.21 bits per heavy atom. The van der Waals surface area contributed by atoms with Crippen molar-refractivity contribution in [1.29, 1.82) is 0 Å². The molecule has 4 amide bonds. The largest absolute Gasteiger partial charge is 0.395 e. The molecule has 1 unspecified atom stereocenters. The summed E-state index contributed by atoms with van der Waals surface area (Å²) in [6.07, 6.45) is 3.28. The Bertz CT molecular complexity index is 611. The zero-order valence-electron chi connectivity index (χ0n) is 13.1. The first kappa shape index (κ1) is 16.6. The number of piperazine rings is 1. The Morgan fingerprint density at radius 2 is 1.96 bits per heavy atom. The number of aromatic nitrogens is 2. The van der Waals surface area contributed by atoms with E-state index in [1.807, 2.05) is 4.90 Å². The maximum Gasteiger partial charge on any atom is 0.345 e. The molecule has 0 spiro atoms. The fraction of sp³-hybridized carbons (Fsp3) is 0.571. The summed E-state index contributed by atoms with van der Waals surface area (Å²) in [6, 6.07) is -0.712. The third-order valence-electron chi connectivity index (χ3n) is 4.25.